The molecule has 5 nitrogen and oxygen atoms in total. The Morgan fingerprint density at radius 1 is 1.32 bits per heavy atom. The van der Waals surface area contributed by atoms with Gasteiger partial charge in [-0.1, -0.05) is 12.8 Å². The van der Waals surface area contributed by atoms with Crippen molar-refractivity contribution in [3.05, 3.63) is 0 Å². The molecule has 1 saturated carbocycles. The summed E-state index contributed by atoms with van der Waals surface area (Å²) in [7, 11) is 3.07. The van der Waals surface area contributed by atoms with Crippen LogP contribution in [0.4, 0.5) is 0 Å². The van der Waals surface area contributed by atoms with Crippen molar-refractivity contribution in [3.8, 4) is 0 Å². The minimum Gasteiger partial charge on any atom is -0.468 e. The highest BCUT2D eigenvalue weighted by Crippen LogP contribution is 2.30. The fraction of sp³-hybridized carbons (Fsp3) is 0.857. The number of nitrogens with zero attached hydrogens (tertiary/aromatic N) is 1. The van der Waals surface area contributed by atoms with Crippen LogP contribution in [0.1, 0.15) is 39.5 Å². The molecule has 0 saturated heterocycles. The molecule has 1 aliphatic rings. The van der Waals surface area contributed by atoms with E-state index >= 15 is 0 Å². The van der Waals surface area contributed by atoms with E-state index in [4.69, 9.17) is 0 Å². The van der Waals surface area contributed by atoms with Gasteiger partial charge in [0.15, 0.2) is 5.78 Å². The fourth-order valence-electron chi connectivity index (χ4n) is 2.56. The van der Waals surface area contributed by atoms with Crippen LogP contribution in [-0.4, -0.2) is 54.6 Å². The quantitative estimate of drug-likeness (QED) is 0.576. The van der Waals surface area contributed by atoms with Gasteiger partial charge in [-0.2, -0.15) is 0 Å². The Bertz CT molecular complexity index is 345. The molecule has 0 heterocycles. The Morgan fingerprint density at radius 3 is 2.32 bits per heavy atom. The fourth-order valence-corrected chi connectivity index (χ4v) is 2.56. The number of carbonyl (C=O) groups excluding carboxylic acids is 2. The second-order valence-corrected chi connectivity index (χ2v) is 6.14. The zero-order valence-corrected chi connectivity index (χ0v) is 12.4. The molecule has 0 atom stereocenters. The monoisotopic (exact) mass is 271 g/mol. The van der Waals surface area contributed by atoms with Crippen LogP contribution in [0.2, 0.25) is 0 Å². The van der Waals surface area contributed by atoms with E-state index in [0.29, 0.717) is 6.54 Å². The number of hydrogen-bond donors (Lipinski definition) is 1. The summed E-state index contributed by atoms with van der Waals surface area (Å²) in [5.41, 5.74) is -1.81. The minimum absolute atomic E-state index is 0.143. The van der Waals surface area contributed by atoms with Gasteiger partial charge < -0.3 is 9.84 Å². The molecule has 1 N–H and O–H groups in total. The van der Waals surface area contributed by atoms with Crippen molar-refractivity contribution in [2.24, 2.45) is 5.41 Å². The van der Waals surface area contributed by atoms with Gasteiger partial charge >= 0.3 is 5.97 Å². The summed E-state index contributed by atoms with van der Waals surface area (Å²) in [4.78, 5) is 25.5. The third kappa shape index (κ3) is 4.01. The topological polar surface area (TPSA) is 66.8 Å². The first-order valence-electron chi connectivity index (χ1n) is 6.74. The Hall–Kier alpha value is -0.940. The van der Waals surface area contributed by atoms with Gasteiger partial charge in [0.2, 0.25) is 0 Å². The zero-order valence-electron chi connectivity index (χ0n) is 12.4. The second-order valence-electron chi connectivity index (χ2n) is 6.14. The average Bonchev–Trinajstić information content (AvgIpc) is 2.73. The van der Waals surface area contributed by atoms with Crippen LogP contribution in [0.25, 0.3) is 0 Å². The van der Waals surface area contributed by atoms with Crippen molar-refractivity contribution in [1.82, 2.24) is 4.90 Å². The van der Waals surface area contributed by atoms with Gasteiger partial charge in [-0.05, 0) is 33.7 Å². The van der Waals surface area contributed by atoms with Crippen molar-refractivity contribution in [2.75, 3.05) is 27.2 Å². The van der Waals surface area contributed by atoms with E-state index in [9.17, 15) is 14.7 Å². The van der Waals surface area contributed by atoms with E-state index in [0.717, 1.165) is 25.7 Å². The predicted octanol–water partition coefficient (Wildman–Crippen LogP) is 0.992. The number of carbonyl (C=O) groups is 2. The molecule has 1 rings (SSSR count). The lowest BCUT2D eigenvalue weighted by Crippen LogP contribution is -2.45. The normalized spacial score (nSPS) is 18.6. The lowest BCUT2D eigenvalue weighted by molar-refractivity contribution is -0.156. The number of ether oxygens (including phenoxy) is 1. The second kappa shape index (κ2) is 6.01. The number of hydrogen-bond acceptors (Lipinski definition) is 5. The van der Waals surface area contributed by atoms with Gasteiger partial charge in [0.1, 0.15) is 5.41 Å². The van der Waals surface area contributed by atoms with E-state index in [1.807, 2.05) is 0 Å². The smallest absolute Gasteiger partial charge is 0.318 e. The third-order valence-electron chi connectivity index (χ3n) is 3.90. The molecule has 0 aromatic heterocycles. The highest BCUT2D eigenvalue weighted by atomic mass is 16.5. The van der Waals surface area contributed by atoms with Crippen LogP contribution in [0.15, 0.2) is 0 Å². The summed E-state index contributed by atoms with van der Waals surface area (Å²) >= 11 is 0. The molecule has 0 aromatic carbocycles. The molecule has 0 aliphatic heterocycles. The molecular formula is C14H25NO4. The number of aliphatic hydroxyl groups is 1. The van der Waals surface area contributed by atoms with Crippen LogP contribution in [0.3, 0.4) is 0 Å². The highest BCUT2D eigenvalue weighted by Gasteiger charge is 2.38. The van der Waals surface area contributed by atoms with E-state index < -0.39 is 17.0 Å². The first-order valence-corrected chi connectivity index (χ1v) is 6.74. The first-order chi connectivity index (χ1) is 8.71. The Balaban J connectivity index is 2.54. The molecule has 110 valence electrons. The number of methoxy groups -OCH3 is 1. The molecular weight excluding hydrogens is 246 g/mol. The molecule has 0 radical (unpaired) electrons. The minimum atomic E-state index is -1.14. The highest BCUT2D eigenvalue weighted by molar-refractivity contribution is 6.03. The Labute approximate surface area is 114 Å². The summed E-state index contributed by atoms with van der Waals surface area (Å²) in [6, 6.07) is 0. The standard InChI is InChI=1S/C14H25NO4/c1-13(2,12(17)19-4)11(16)9-15(3)10-14(18)7-5-6-8-14/h18H,5-10H2,1-4H3. The van der Waals surface area contributed by atoms with Gasteiger partial charge in [-0.25, -0.2) is 0 Å². The lowest BCUT2D eigenvalue weighted by Gasteiger charge is -2.30. The van der Waals surface area contributed by atoms with Crippen molar-refractivity contribution in [1.29, 1.82) is 0 Å². The maximum absolute atomic E-state index is 12.1. The van der Waals surface area contributed by atoms with Crippen molar-refractivity contribution < 1.29 is 19.4 Å². The Kier molecular flexibility index (Phi) is 5.10. The molecule has 0 aromatic rings. The van der Waals surface area contributed by atoms with E-state index in [2.05, 4.69) is 4.74 Å². The number of likely N-dealkylation sites (N-methyl/N-ethyl adjacent to an activating group) is 1. The summed E-state index contributed by atoms with van der Waals surface area (Å²) in [5.74, 6) is -0.714. The molecule has 19 heavy (non-hydrogen) atoms. The number of esters is 1. The van der Waals surface area contributed by atoms with Crippen LogP contribution >= 0.6 is 0 Å². The lowest BCUT2D eigenvalue weighted by atomic mass is 9.87. The third-order valence-corrected chi connectivity index (χ3v) is 3.90. The zero-order chi connectivity index (χ0) is 14.7. The van der Waals surface area contributed by atoms with Crippen molar-refractivity contribution >= 4 is 11.8 Å². The van der Waals surface area contributed by atoms with Gasteiger partial charge in [0.05, 0.1) is 19.3 Å². The van der Waals surface area contributed by atoms with Crippen molar-refractivity contribution in [3.63, 3.8) is 0 Å². The SMILES string of the molecule is COC(=O)C(C)(C)C(=O)CN(C)CC1(O)CCCC1. The molecule has 5 heteroatoms. The summed E-state index contributed by atoms with van der Waals surface area (Å²) < 4.78 is 4.64. The summed E-state index contributed by atoms with van der Waals surface area (Å²) in [5, 5.41) is 10.3. The van der Waals surface area contributed by atoms with Gasteiger partial charge in [0, 0.05) is 6.54 Å². The first kappa shape index (κ1) is 16.1. The van der Waals surface area contributed by atoms with E-state index in [1.165, 1.54) is 7.11 Å². The maximum Gasteiger partial charge on any atom is 0.318 e. The number of ketones is 1. The van der Waals surface area contributed by atoms with Crippen LogP contribution in [0.5, 0.6) is 0 Å². The van der Waals surface area contributed by atoms with E-state index in [1.54, 1.807) is 25.8 Å². The van der Waals surface area contributed by atoms with Crippen LogP contribution in [-0.2, 0) is 14.3 Å². The summed E-state index contributed by atoms with van der Waals surface area (Å²) in [6.07, 6.45) is 3.63. The Morgan fingerprint density at radius 2 is 1.84 bits per heavy atom. The maximum atomic E-state index is 12.1. The van der Waals surface area contributed by atoms with E-state index in [-0.39, 0.29) is 12.3 Å². The molecule has 0 amide bonds. The number of rotatable bonds is 6. The molecule has 1 aliphatic carbocycles. The van der Waals surface area contributed by atoms with Crippen LogP contribution in [0, 0.1) is 5.41 Å². The molecule has 0 unspecified atom stereocenters. The van der Waals surface area contributed by atoms with Gasteiger partial charge in [-0.15, -0.1) is 0 Å². The van der Waals surface area contributed by atoms with Gasteiger partial charge in [0.25, 0.3) is 0 Å². The van der Waals surface area contributed by atoms with Crippen LogP contribution < -0.4 is 0 Å². The molecule has 0 spiro atoms. The predicted molar refractivity (Wildman–Crippen MR) is 71.7 cm³/mol. The van der Waals surface area contributed by atoms with Gasteiger partial charge in [-0.3, -0.25) is 14.5 Å². The molecule has 0 bridgehead atoms. The van der Waals surface area contributed by atoms with Crippen molar-refractivity contribution in [2.45, 2.75) is 45.1 Å². The largest absolute Gasteiger partial charge is 0.468 e. The average molecular weight is 271 g/mol. The number of Topliss-reactive ketones (excluding diaryl/α,β-unsaturated/α-hetero) is 1. The summed E-state index contributed by atoms with van der Waals surface area (Å²) in [6.45, 7) is 3.75. The molecule has 1 fully saturated rings.